The van der Waals surface area contributed by atoms with Crippen molar-refractivity contribution in [2.24, 2.45) is 0 Å². The molecule has 3 aromatic heterocycles. The van der Waals surface area contributed by atoms with Crippen LogP contribution >= 0.6 is 23.2 Å². The summed E-state index contributed by atoms with van der Waals surface area (Å²) >= 11 is 12.2. The van der Waals surface area contributed by atoms with Crippen molar-refractivity contribution in [3.8, 4) is 22.8 Å². The molecule has 0 bridgehead atoms. The van der Waals surface area contributed by atoms with E-state index in [-0.39, 0.29) is 0 Å². The van der Waals surface area contributed by atoms with Crippen LogP contribution in [0.1, 0.15) is 0 Å². The molecule has 0 unspecified atom stereocenters. The largest absolute Gasteiger partial charge is 0.255 e. The summed E-state index contributed by atoms with van der Waals surface area (Å²) in [6.45, 7) is 0. The molecular formula is C15H9Cl2N3. The third-order valence-electron chi connectivity index (χ3n) is 2.76. The molecule has 0 aliphatic heterocycles. The molecule has 0 saturated heterocycles. The second-order valence-corrected chi connectivity index (χ2v) is 4.86. The topological polar surface area (TPSA) is 38.7 Å². The van der Waals surface area contributed by atoms with Gasteiger partial charge in [-0.3, -0.25) is 9.97 Å². The Bertz CT molecular complexity index is 745. The molecule has 98 valence electrons. The van der Waals surface area contributed by atoms with E-state index >= 15 is 0 Å². The van der Waals surface area contributed by atoms with Crippen LogP contribution in [0.2, 0.25) is 10.0 Å². The van der Waals surface area contributed by atoms with Gasteiger partial charge in [0.05, 0.1) is 27.1 Å². The first-order chi connectivity index (χ1) is 9.75. The van der Waals surface area contributed by atoms with Crippen LogP contribution in [-0.4, -0.2) is 15.0 Å². The van der Waals surface area contributed by atoms with Gasteiger partial charge in [0.25, 0.3) is 0 Å². The smallest absolute Gasteiger partial charge is 0.109 e. The maximum atomic E-state index is 6.18. The van der Waals surface area contributed by atoms with Crippen molar-refractivity contribution in [3.63, 3.8) is 0 Å². The van der Waals surface area contributed by atoms with Crippen LogP contribution in [0.25, 0.3) is 22.8 Å². The number of pyridine rings is 3. The van der Waals surface area contributed by atoms with Crippen molar-refractivity contribution in [3.05, 3.63) is 64.9 Å². The Hall–Kier alpha value is -1.97. The predicted molar refractivity (Wildman–Crippen MR) is 80.7 cm³/mol. The minimum Gasteiger partial charge on any atom is -0.255 e. The number of hydrogen-bond donors (Lipinski definition) is 0. The van der Waals surface area contributed by atoms with Gasteiger partial charge in [-0.2, -0.15) is 0 Å². The molecule has 0 aromatic carbocycles. The van der Waals surface area contributed by atoms with Gasteiger partial charge < -0.3 is 0 Å². The minimum absolute atomic E-state index is 0.403. The highest BCUT2D eigenvalue weighted by atomic mass is 35.5. The molecule has 5 heteroatoms. The average molecular weight is 302 g/mol. The van der Waals surface area contributed by atoms with Crippen molar-refractivity contribution in [1.29, 1.82) is 0 Å². The summed E-state index contributed by atoms with van der Waals surface area (Å²) in [5.41, 5.74) is 2.80. The second-order valence-electron chi connectivity index (χ2n) is 4.08. The summed E-state index contributed by atoms with van der Waals surface area (Å²) in [5, 5.41) is 0.863. The number of aromatic nitrogens is 3. The zero-order chi connectivity index (χ0) is 13.9. The van der Waals surface area contributed by atoms with Gasteiger partial charge >= 0.3 is 0 Å². The normalized spacial score (nSPS) is 10.5. The first kappa shape index (κ1) is 13.0. The Kier molecular flexibility index (Phi) is 3.63. The SMILES string of the molecule is Clc1ccnc(-c2cccc(-c3ccccn3)n2)c1Cl. The van der Waals surface area contributed by atoms with Crippen molar-refractivity contribution < 1.29 is 0 Å². The fourth-order valence-electron chi connectivity index (χ4n) is 1.82. The van der Waals surface area contributed by atoms with Crippen LogP contribution < -0.4 is 0 Å². The quantitative estimate of drug-likeness (QED) is 0.699. The minimum atomic E-state index is 0.403. The molecule has 3 aromatic rings. The standard InChI is InChI=1S/C15H9Cl2N3/c16-10-7-9-19-15(14(10)17)13-6-3-5-12(20-13)11-4-1-2-8-18-11/h1-9H. The molecule has 3 nitrogen and oxygen atoms in total. The molecule has 3 rings (SSSR count). The predicted octanol–water partition coefficient (Wildman–Crippen LogP) is 4.51. The highest BCUT2D eigenvalue weighted by molar-refractivity contribution is 6.43. The Labute approximate surface area is 126 Å². The molecular weight excluding hydrogens is 293 g/mol. The monoisotopic (exact) mass is 301 g/mol. The molecule has 0 atom stereocenters. The third-order valence-corrected chi connectivity index (χ3v) is 3.56. The van der Waals surface area contributed by atoms with Gasteiger partial charge in [0, 0.05) is 12.4 Å². The zero-order valence-corrected chi connectivity index (χ0v) is 11.8. The van der Waals surface area contributed by atoms with E-state index in [1.165, 1.54) is 0 Å². The van der Waals surface area contributed by atoms with Gasteiger partial charge in [0.15, 0.2) is 0 Å². The van der Waals surface area contributed by atoms with Crippen LogP contribution in [0.15, 0.2) is 54.9 Å². The fraction of sp³-hybridized carbons (Fsp3) is 0. The lowest BCUT2D eigenvalue weighted by Crippen LogP contribution is -1.92. The van der Waals surface area contributed by atoms with Crippen molar-refractivity contribution in [1.82, 2.24) is 15.0 Å². The van der Waals surface area contributed by atoms with Gasteiger partial charge in [0.1, 0.15) is 5.69 Å². The van der Waals surface area contributed by atoms with E-state index in [0.29, 0.717) is 21.4 Å². The van der Waals surface area contributed by atoms with Crippen molar-refractivity contribution >= 4 is 23.2 Å². The Morgan fingerprint density at radius 2 is 1.50 bits per heavy atom. The number of rotatable bonds is 2. The summed E-state index contributed by atoms with van der Waals surface area (Å²) in [6.07, 6.45) is 3.34. The molecule has 0 spiro atoms. The molecule has 0 aliphatic carbocycles. The lowest BCUT2D eigenvalue weighted by atomic mass is 10.2. The maximum absolute atomic E-state index is 6.18. The summed E-state index contributed by atoms with van der Waals surface area (Å²) in [4.78, 5) is 13.1. The van der Waals surface area contributed by atoms with E-state index in [1.54, 1.807) is 18.5 Å². The van der Waals surface area contributed by atoms with E-state index < -0.39 is 0 Å². The number of nitrogens with zero attached hydrogens (tertiary/aromatic N) is 3. The molecule has 0 fully saturated rings. The molecule has 20 heavy (non-hydrogen) atoms. The number of halogens is 2. The Morgan fingerprint density at radius 3 is 2.30 bits per heavy atom. The van der Waals surface area contributed by atoms with Crippen molar-refractivity contribution in [2.75, 3.05) is 0 Å². The highest BCUT2D eigenvalue weighted by Gasteiger charge is 2.11. The average Bonchev–Trinajstić information content (AvgIpc) is 2.51. The molecule has 3 heterocycles. The second kappa shape index (κ2) is 5.57. The van der Waals surface area contributed by atoms with E-state index in [4.69, 9.17) is 23.2 Å². The highest BCUT2D eigenvalue weighted by Crippen LogP contribution is 2.31. The van der Waals surface area contributed by atoms with E-state index in [0.717, 1.165) is 11.4 Å². The fourth-order valence-corrected chi connectivity index (χ4v) is 2.18. The first-order valence-electron chi connectivity index (χ1n) is 5.94. The van der Waals surface area contributed by atoms with Gasteiger partial charge in [-0.05, 0) is 30.3 Å². The Balaban J connectivity index is 2.10. The van der Waals surface area contributed by atoms with Crippen LogP contribution in [-0.2, 0) is 0 Å². The van der Waals surface area contributed by atoms with Gasteiger partial charge in [-0.1, -0.05) is 35.3 Å². The van der Waals surface area contributed by atoms with Gasteiger partial charge in [-0.15, -0.1) is 0 Å². The molecule has 0 saturated carbocycles. The van der Waals surface area contributed by atoms with E-state index in [1.807, 2.05) is 36.4 Å². The first-order valence-corrected chi connectivity index (χ1v) is 6.70. The summed E-state index contributed by atoms with van der Waals surface area (Å²) in [6, 6.07) is 13.0. The summed E-state index contributed by atoms with van der Waals surface area (Å²) in [5.74, 6) is 0. The van der Waals surface area contributed by atoms with Crippen LogP contribution in [0.3, 0.4) is 0 Å². The van der Waals surface area contributed by atoms with E-state index in [2.05, 4.69) is 15.0 Å². The lowest BCUT2D eigenvalue weighted by Gasteiger charge is -2.06. The van der Waals surface area contributed by atoms with Crippen LogP contribution in [0.5, 0.6) is 0 Å². The van der Waals surface area contributed by atoms with E-state index in [9.17, 15) is 0 Å². The summed E-state index contributed by atoms with van der Waals surface area (Å²) in [7, 11) is 0. The number of hydrogen-bond acceptors (Lipinski definition) is 3. The lowest BCUT2D eigenvalue weighted by molar-refractivity contribution is 1.22. The van der Waals surface area contributed by atoms with Crippen molar-refractivity contribution in [2.45, 2.75) is 0 Å². The maximum Gasteiger partial charge on any atom is 0.109 e. The zero-order valence-electron chi connectivity index (χ0n) is 10.3. The molecule has 0 N–H and O–H groups in total. The third kappa shape index (κ3) is 2.50. The Morgan fingerprint density at radius 1 is 0.700 bits per heavy atom. The summed E-state index contributed by atoms with van der Waals surface area (Å²) < 4.78 is 0. The van der Waals surface area contributed by atoms with Gasteiger partial charge in [0.2, 0.25) is 0 Å². The van der Waals surface area contributed by atoms with Gasteiger partial charge in [-0.25, -0.2) is 4.98 Å². The molecule has 0 radical (unpaired) electrons. The van der Waals surface area contributed by atoms with Crippen LogP contribution in [0.4, 0.5) is 0 Å². The van der Waals surface area contributed by atoms with Crippen LogP contribution in [0, 0.1) is 0 Å². The molecule has 0 aliphatic rings. The molecule has 0 amide bonds.